The SMILES string of the molecule is COc1ccc(CN2C(=O)NC(C)(c3ccsc3)C2=O)c(Br)c1OC. The molecule has 1 N–H and O–H groups in total. The van der Waals surface area contributed by atoms with Gasteiger partial charge in [0.2, 0.25) is 0 Å². The van der Waals surface area contributed by atoms with E-state index in [1.165, 1.54) is 23.3 Å². The molecule has 132 valence electrons. The molecule has 1 atom stereocenters. The number of carbonyl (C=O) groups is 2. The van der Waals surface area contributed by atoms with Gasteiger partial charge in [0.25, 0.3) is 5.91 Å². The Labute approximate surface area is 157 Å². The van der Waals surface area contributed by atoms with Crippen molar-refractivity contribution >= 4 is 39.2 Å². The lowest BCUT2D eigenvalue weighted by Crippen LogP contribution is -2.40. The molecule has 0 saturated carbocycles. The molecular formula is C17H17BrN2O4S. The second-order valence-electron chi connectivity index (χ2n) is 5.73. The van der Waals surface area contributed by atoms with E-state index in [1.807, 2.05) is 16.8 Å². The van der Waals surface area contributed by atoms with Crippen LogP contribution in [-0.2, 0) is 16.9 Å². The third-order valence-corrected chi connectivity index (χ3v) is 5.82. The summed E-state index contributed by atoms with van der Waals surface area (Å²) in [5, 5.41) is 6.55. The van der Waals surface area contributed by atoms with Gasteiger partial charge in [0.05, 0.1) is 25.2 Å². The topological polar surface area (TPSA) is 67.9 Å². The standard InChI is InChI=1S/C17H17BrN2O4S/c1-17(11-6-7-25-9-11)15(21)20(16(22)19-17)8-10-4-5-12(23-2)14(24-3)13(10)18/h4-7,9H,8H2,1-3H3,(H,19,22). The van der Waals surface area contributed by atoms with Crippen molar-refractivity contribution in [3.8, 4) is 11.5 Å². The van der Waals surface area contributed by atoms with Gasteiger partial charge in [-0.1, -0.05) is 6.07 Å². The minimum Gasteiger partial charge on any atom is -0.493 e. The highest BCUT2D eigenvalue weighted by Crippen LogP contribution is 2.39. The fourth-order valence-electron chi connectivity index (χ4n) is 2.81. The third-order valence-electron chi connectivity index (χ3n) is 4.27. The van der Waals surface area contributed by atoms with Crippen molar-refractivity contribution in [1.29, 1.82) is 0 Å². The van der Waals surface area contributed by atoms with E-state index in [1.54, 1.807) is 26.2 Å². The fourth-order valence-corrected chi connectivity index (χ4v) is 4.19. The lowest BCUT2D eigenvalue weighted by atomic mass is 9.95. The van der Waals surface area contributed by atoms with E-state index in [0.29, 0.717) is 16.0 Å². The van der Waals surface area contributed by atoms with Gasteiger partial charge >= 0.3 is 6.03 Å². The predicted molar refractivity (Wildman–Crippen MR) is 98.0 cm³/mol. The summed E-state index contributed by atoms with van der Waals surface area (Å²) in [5.74, 6) is 0.809. The van der Waals surface area contributed by atoms with E-state index in [2.05, 4.69) is 21.2 Å². The van der Waals surface area contributed by atoms with Crippen LogP contribution in [0.3, 0.4) is 0 Å². The molecule has 1 aromatic carbocycles. The molecule has 3 amide bonds. The van der Waals surface area contributed by atoms with Gasteiger partial charge < -0.3 is 14.8 Å². The summed E-state index contributed by atoms with van der Waals surface area (Å²) >= 11 is 4.96. The maximum Gasteiger partial charge on any atom is 0.325 e. The van der Waals surface area contributed by atoms with Crippen LogP contribution in [0.5, 0.6) is 11.5 Å². The lowest BCUT2D eigenvalue weighted by Gasteiger charge is -2.21. The number of urea groups is 1. The number of nitrogens with zero attached hydrogens (tertiary/aromatic N) is 1. The molecule has 1 saturated heterocycles. The number of nitrogens with one attached hydrogen (secondary N) is 1. The molecule has 0 bridgehead atoms. The maximum absolute atomic E-state index is 12.9. The van der Waals surface area contributed by atoms with Crippen LogP contribution in [-0.4, -0.2) is 31.1 Å². The van der Waals surface area contributed by atoms with E-state index in [4.69, 9.17) is 9.47 Å². The van der Waals surface area contributed by atoms with Crippen LogP contribution in [0.2, 0.25) is 0 Å². The molecule has 0 radical (unpaired) electrons. The molecule has 0 aliphatic carbocycles. The Morgan fingerprint density at radius 1 is 1.24 bits per heavy atom. The third kappa shape index (κ3) is 2.89. The quantitative estimate of drug-likeness (QED) is 0.745. The molecule has 1 aliphatic rings. The number of benzene rings is 1. The number of hydrogen-bond donors (Lipinski definition) is 1. The van der Waals surface area contributed by atoms with E-state index < -0.39 is 11.6 Å². The Morgan fingerprint density at radius 2 is 2.00 bits per heavy atom. The number of carbonyl (C=O) groups excluding carboxylic acids is 2. The molecule has 2 aromatic rings. The minimum absolute atomic E-state index is 0.130. The number of halogens is 1. The molecule has 3 rings (SSSR count). The van der Waals surface area contributed by atoms with Crippen LogP contribution >= 0.6 is 27.3 Å². The van der Waals surface area contributed by atoms with Gasteiger partial charge in [0.15, 0.2) is 11.5 Å². The zero-order valence-electron chi connectivity index (χ0n) is 14.0. The summed E-state index contributed by atoms with van der Waals surface area (Å²) in [6, 6.07) is 4.97. The van der Waals surface area contributed by atoms with Gasteiger partial charge in [-0.05, 0) is 56.9 Å². The monoisotopic (exact) mass is 424 g/mol. The zero-order valence-corrected chi connectivity index (χ0v) is 16.4. The van der Waals surface area contributed by atoms with Gasteiger partial charge in [-0.15, -0.1) is 0 Å². The highest BCUT2D eigenvalue weighted by atomic mass is 79.9. The average Bonchev–Trinajstić information content (AvgIpc) is 3.20. The second-order valence-corrected chi connectivity index (χ2v) is 7.31. The summed E-state index contributed by atoms with van der Waals surface area (Å²) < 4.78 is 11.3. The molecule has 8 heteroatoms. The minimum atomic E-state index is -1.04. The smallest absolute Gasteiger partial charge is 0.325 e. The molecule has 0 spiro atoms. The van der Waals surface area contributed by atoms with Gasteiger partial charge in [-0.25, -0.2) is 4.79 Å². The predicted octanol–water partition coefficient (Wildman–Crippen LogP) is 3.50. The molecule has 1 unspecified atom stereocenters. The van der Waals surface area contributed by atoms with Crippen LogP contribution in [0.25, 0.3) is 0 Å². The number of imide groups is 1. The summed E-state index contributed by atoms with van der Waals surface area (Å²) in [6.07, 6.45) is 0. The molecule has 1 aliphatic heterocycles. The van der Waals surface area contributed by atoms with E-state index in [9.17, 15) is 9.59 Å². The Kier molecular flexibility index (Phi) is 4.75. The number of ether oxygens (including phenoxy) is 2. The largest absolute Gasteiger partial charge is 0.493 e. The molecule has 6 nitrogen and oxygen atoms in total. The van der Waals surface area contributed by atoms with Crippen LogP contribution < -0.4 is 14.8 Å². The van der Waals surface area contributed by atoms with Crippen LogP contribution in [0.15, 0.2) is 33.4 Å². The number of rotatable bonds is 5. The van der Waals surface area contributed by atoms with Crippen molar-refractivity contribution in [2.24, 2.45) is 0 Å². The van der Waals surface area contributed by atoms with Crippen LogP contribution in [0.1, 0.15) is 18.1 Å². The molecule has 2 heterocycles. The normalized spacial score (nSPS) is 19.9. The summed E-state index contributed by atoms with van der Waals surface area (Å²) in [4.78, 5) is 26.5. The number of amides is 3. The Balaban J connectivity index is 1.92. The Bertz CT molecular complexity index is 824. The van der Waals surface area contributed by atoms with Crippen LogP contribution in [0.4, 0.5) is 4.79 Å². The molecule has 25 heavy (non-hydrogen) atoms. The first-order valence-corrected chi connectivity index (χ1v) is 9.22. The average molecular weight is 425 g/mol. The fraction of sp³-hybridized carbons (Fsp3) is 0.294. The van der Waals surface area contributed by atoms with Crippen molar-refractivity contribution < 1.29 is 19.1 Å². The van der Waals surface area contributed by atoms with Crippen molar-refractivity contribution in [2.75, 3.05) is 14.2 Å². The van der Waals surface area contributed by atoms with E-state index in [0.717, 1.165) is 11.1 Å². The Morgan fingerprint density at radius 3 is 2.60 bits per heavy atom. The van der Waals surface area contributed by atoms with Crippen molar-refractivity contribution in [3.63, 3.8) is 0 Å². The first kappa shape index (κ1) is 17.8. The first-order valence-electron chi connectivity index (χ1n) is 7.48. The molecule has 1 fully saturated rings. The highest BCUT2D eigenvalue weighted by molar-refractivity contribution is 9.10. The maximum atomic E-state index is 12.9. The van der Waals surface area contributed by atoms with Crippen molar-refractivity contribution in [1.82, 2.24) is 10.2 Å². The Hall–Kier alpha value is -2.06. The second kappa shape index (κ2) is 6.68. The van der Waals surface area contributed by atoms with E-state index in [-0.39, 0.29) is 12.5 Å². The number of hydrogen-bond acceptors (Lipinski definition) is 5. The number of methoxy groups -OCH3 is 2. The summed E-state index contributed by atoms with van der Waals surface area (Å²) in [7, 11) is 3.08. The lowest BCUT2D eigenvalue weighted by molar-refractivity contribution is -0.131. The molecule has 1 aromatic heterocycles. The van der Waals surface area contributed by atoms with Crippen molar-refractivity contribution in [3.05, 3.63) is 44.6 Å². The number of thiophene rings is 1. The summed E-state index contributed by atoms with van der Waals surface area (Å²) in [6.45, 7) is 1.85. The van der Waals surface area contributed by atoms with Gasteiger partial charge in [0.1, 0.15) is 5.54 Å². The van der Waals surface area contributed by atoms with Gasteiger partial charge in [-0.3, -0.25) is 9.69 Å². The van der Waals surface area contributed by atoms with Gasteiger partial charge in [-0.2, -0.15) is 11.3 Å². The van der Waals surface area contributed by atoms with Crippen molar-refractivity contribution in [2.45, 2.75) is 19.0 Å². The van der Waals surface area contributed by atoms with Gasteiger partial charge in [0, 0.05) is 0 Å². The summed E-state index contributed by atoms with van der Waals surface area (Å²) in [5.41, 5.74) is 0.487. The first-order chi connectivity index (χ1) is 11.9. The highest BCUT2D eigenvalue weighted by Gasteiger charge is 2.49. The molecular weight excluding hydrogens is 408 g/mol. The van der Waals surface area contributed by atoms with Crippen LogP contribution in [0, 0.1) is 0 Å². The van der Waals surface area contributed by atoms with E-state index >= 15 is 0 Å². The zero-order chi connectivity index (χ0) is 18.2.